The number of aromatic nitrogens is 2. The van der Waals surface area contributed by atoms with Crippen molar-refractivity contribution in [1.29, 1.82) is 0 Å². The smallest absolute Gasteiger partial charge is 0.286 e. The van der Waals surface area contributed by atoms with Crippen molar-refractivity contribution >= 4 is 39.7 Å². The number of benzene rings is 2. The first kappa shape index (κ1) is 22.2. The molecule has 10 nitrogen and oxygen atoms in total. The van der Waals surface area contributed by atoms with Crippen LogP contribution in [0.5, 0.6) is 11.5 Å². The summed E-state index contributed by atoms with van der Waals surface area (Å²) in [4.78, 5) is 32.5. The van der Waals surface area contributed by atoms with E-state index in [4.69, 9.17) is 13.9 Å². The quantitative estimate of drug-likeness (QED) is 0.277. The van der Waals surface area contributed by atoms with Crippen LogP contribution in [-0.4, -0.2) is 27.9 Å². The van der Waals surface area contributed by atoms with Gasteiger partial charge in [-0.2, -0.15) is 0 Å². The van der Waals surface area contributed by atoms with Gasteiger partial charge in [0.05, 0.1) is 29.3 Å². The SMILES string of the molecule is COc1cc(C(=O)Nc2ccc3oc(C(C)C)nc3c2)c([N+](=O)[O-])cc1OCc1cscn1. The van der Waals surface area contributed by atoms with E-state index in [0.29, 0.717) is 28.4 Å². The first-order chi connectivity index (χ1) is 15.9. The molecule has 0 aliphatic rings. The molecule has 33 heavy (non-hydrogen) atoms. The van der Waals surface area contributed by atoms with E-state index >= 15 is 0 Å². The zero-order chi connectivity index (χ0) is 23.5. The van der Waals surface area contributed by atoms with Crippen LogP contribution in [0.1, 0.15) is 41.7 Å². The highest BCUT2D eigenvalue weighted by molar-refractivity contribution is 7.07. The fourth-order valence-corrected chi connectivity index (χ4v) is 3.63. The number of nitrogens with one attached hydrogen (secondary N) is 1. The first-order valence-corrected chi connectivity index (χ1v) is 10.9. The number of hydrogen-bond acceptors (Lipinski definition) is 9. The van der Waals surface area contributed by atoms with E-state index in [-0.39, 0.29) is 29.6 Å². The van der Waals surface area contributed by atoms with E-state index in [9.17, 15) is 14.9 Å². The molecule has 2 aromatic heterocycles. The molecule has 0 saturated heterocycles. The maximum absolute atomic E-state index is 12.9. The number of anilines is 1. The summed E-state index contributed by atoms with van der Waals surface area (Å²) in [5.41, 5.74) is 3.35. The van der Waals surface area contributed by atoms with Crippen LogP contribution in [0.4, 0.5) is 11.4 Å². The van der Waals surface area contributed by atoms with Crippen LogP contribution in [0.25, 0.3) is 11.1 Å². The number of oxazole rings is 1. The third-order valence-electron chi connectivity index (χ3n) is 4.74. The molecule has 1 amide bonds. The van der Waals surface area contributed by atoms with Gasteiger partial charge in [0.2, 0.25) is 0 Å². The lowest BCUT2D eigenvalue weighted by Crippen LogP contribution is -2.14. The van der Waals surface area contributed by atoms with Crippen molar-refractivity contribution in [3.05, 3.63) is 68.5 Å². The van der Waals surface area contributed by atoms with Gasteiger partial charge < -0.3 is 19.2 Å². The minimum atomic E-state index is -0.669. The molecule has 0 saturated carbocycles. The number of nitro benzene ring substituents is 1. The van der Waals surface area contributed by atoms with Gasteiger partial charge >= 0.3 is 0 Å². The second-order valence-electron chi connectivity index (χ2n) is 7.39. The van der Waals surface area contributed by atoms with Gasteiger partial charge in [-0.3, -0.25) is 14.9 Å². The van der Waals surface area contributed by atoms with Crippen LogP contribution in [0.2, 0.25) is 0 Å². The molecule has 0 aliphatic heterocycles. The molecule has 0 spiro atoms. The normalized spacial score (nSPS) is 11.0. The number of amides is 1. The maximum atomic E-state index is 12.9. The average molecular weight is 468 g/mol. The average Bonchev–Trinajstić information content (AvgIpc) is 3.46. The Morgan fingerprint density at radius 2 is 2.09 bits per heavy atom. The number of fused-ring (bicyclic) bond motifs is 1. The Balaban J connectivity index is 1.62. The molecule has 2 aromatic carbocycles. The van der Waals surface area contributed by atoms with Crippen LogP contribution in [0.15, 0.2) is 45.6 Å². The maximum Gasteiger partial charge on any atom is 0.286 e. The van der Waals surface area contributed by atoms with Gasteiger partial charge in [0.25, 0.3) is 11.6 Å². The van der Waals surface area contributed by atoms with Crippen molar-refractivity contribution in [2.75, 3.05) is 12.4 Å². The summed E-state index contributed by atoms with van der Waals surface area (Å²) < 4.78 is 16.6. The largest absolute Gasteiger partial charge is 0.493 e. The zero-order valence-corrected chi connectivity index (χ0v) is 18.8. The van der Waals surface area contributed by atoms with Gasteiger partial charge in [-0.1, -0.05) is 13.8 Å². The highest BCUT2D eigenvalue weighted by atomic mass is 32.1. The number of thiazole rings is 1. The molecule has 170 valence electrons. The van der Waals surface area contributed by atoms with Crippen molar-refractivity contribution in [2.24, 2.45) is 0 Å². The molecule has 11 heteroatoms. The highest BCUT2D eigenvalue weighted by Crippen LogP contribution is 2.36. The molecule has 4 aromatic rings. The Morgan fingerprint density at radius 1 is 1.27 bits per heavy atom. The molecule has 0 fully saturated rings. The Bertz CT molecular complexity index is 1320. The molecule has 4 rings (SSSR count). The molecule has 0 aliphatic carbocycles. The molecule has 0 bridgehead atoms. The number of rotatable bonds is 8. The Kier molecular flexibility index (Phi) is 6.22. The minimum Gasteiger partial charge on any atom is -0.493 e. The lowest BCUT2D eigenvalue weighted by atomic mass is 10.1. The van der Waals surface area contributed by atoms with Crippen molar-refractivity contribution < 1.29 is 23.6 Å². The van der Waals surface area contributed by atoms with Gasteiger partial charge in [-0.05, 0) is 18.2 Å². The molecule has 0 unspecified atom stereocenters. The van der Waals surface area contributed by atoms with Crippen molar-refractivity contribution in [3.63, 3.8) is 0 Å². The zero-order valence-electron chi connectivity index (χ0n) is 18.0. The summed E-state index contributed by atoms with van der Waals surface area (Å²) in [5, 5.41) is 16.2. The third kappa shape index (κ3) is 4.77. The predicted molar refractivity (Wildman–Crippen MR) is 122 cm³/mol. The topological polar surface area (TPSA) is 130 Å². The molecule has 2 heterocycles. The van der Waals surface area contributed by atoms with Gasteiger partial charge in [-0.25, -0.2) is 9.97 Å². The van der Waals surface area contributed by atoms with E-state index in [2.05, 4.69) is 15.3 Å². The lowest BCUT2D eigenvalue weighted by Gasteiger charge is -2.12. The second-order valence-corrected chi connectivity index (χ2v) is 8.11. The highest BCUT2D eigenvalue weighted by Gasteiger charge is 2.25. The predicted octanol–water partition coefficient (Wildman–Crippen LogP) is 5.16. The second kappa shape index (κ2) is 9.25. The van der Waals surface area contributed by atoms with Crippen LogP contribution in [0.3, 0.4) is 0 Å². The van der Waals surface area contributed by atoms with Crippen LogP contribution >= 0.6 is 11.3 Å². The van der Waals surface area contributed by atoms with Crippen LogP contribution in [-0.2, 0) is 6.61 Å². The molecular weight excluding hydrogens is 448 g/mol. The summed E-state index contributed by atoms with van der Waals surface area (Å²) in [7, 11) is 1.39. The van der Waals surface area contributed by atoms with E-state index in [0.717, 1.165) is 0 Å². The number of carbonyl (C=O) groups is 1. The number of carbonyl (C=O) groups excluding carboxylic acids is 1. The number of ether oxygens (including phenoxy) is 2. The number of nitrogens with zero attached hydrogens (tertiary/aromatic N) is 3. The van der Waals surface area contributed by atoms with Crippen LogP contribution < -0.4 is 14.8 Å². The summed E-state index contributed by atoms with van der Waals surface area (Å²) in [6, 6.07) is 7.44. The fraction of sp³-hybridized carbons (Fsp3) is 0.227. The third-order valence-corrected chi connectivity index (χ3v) is 5.37. The summed E-state index contributed by atoms with van der Waals surface area (Å²) >= 11 is 1.41. The van der Waals surface area contributed by atoms with Crippen molar-refractivity contribution in [2.45, 2.75) is 26.4 Å². The van der Waals surface area contributed by atoms with Crippen molar-refractivity contribution in [1.82, 2.24) is 9.97 Å². The Labute approximate surface area is 192 Å². The fourth-order valence-electron chi connectivity index (χ4n) is 3.08. The van der Waals surface area contributed by atoms with Gasteiger partial charge in [0, 0.05) is 23.1 Å². The summed E-state index contributed by atoms with van der Waals surface area (Å²) in [6.45, 7) is 4.03. The van der Waals surface area contributed by atoms with Gasteiger partial charge in [-0.15, -0.1) is 11.3 Å². The minimum absolute atomic E-state index is 0.110. The number of nitro groups is 1. The number of hydrogen-bond donors (Lipinski definition) is 1. The van der Waals surface area contributed by atoms with E-state index in [1.54, 1.807) is 29.1 Å². The molecule has 1 N–H and O–H groups in total. The lowest BCUT2D eigenvalue weighted by molar-refractivity contribution is -0.385. The molecule has 0 radical (unpaired) electrons. The van der Waals surface area contributed by atoms with E-state index in [1.807, 2.05) is 13.8 Å². The van der Waals surface area contributed by atoms with Gasteiger partial charge in [0.15, 0.2) is 23.0 Å². The Morgan fingerprint density at radius 3 is 2.76 bits per heavy atom. The monoisotopic (exact) mass is 468 g/mol. The molecule has 0 atom stereocenters. The standard InChI is InChI=1S/C22H20N4O6S/c1-12(2)22-25-16-6-13(4-5-18(16)32-22)24-21(27)15-7-19(30-3)20(8-17(15)26(28)29)31-9-14-10-33-11-23-14/h4-8,10-12H,9H2,1-3H3,(H,24,27). The number of methoxy groups -OCH3 is 1. The Hall–Kier alpha value is -3.99. The van der Waals surface area contributed by atoms with Crippen molar-refractivity contribution in [3.8, 4) is 11.5 Å². The van der Waals surface area contributed by atoms with Crippen LogP contribution in [0, 0.1) is 10.1 Å². The summed E-state index contributed by atoms with van der Waals surface area (Å²) in [5.74, 6) is 0.357. The molecular formula is C22H20N4O6S. The van der Waals surface area contributed by atoms with E-state index in [1.165, 1.54) is 30.6 Å². The van der Waals surface area contributed by atoms with Gasteiger partial charge in [0.1, 0.15) is 17.7 Å². The first-order valence-electron chi connectivity index (χ1n) is 9.94. The summed E-state index contributed by atoms with van der Waals surface area (Å²) in [6.07, 6.45) is 0. The van der Waals surface area contributed by atoms with E-state index < -0.39 is 16.5 Å².